The highest BCUT2D eigenvalue weighted by molar-refractivity contribution is 4.52. The quantitative estimate of drug-likeness (QED) is 0.221. The van der Waals surface area contributed by atoms with Crippen LogP contribution in [0, 0.1) is 5.92 Å². The van der Waals surface area contributed by atoms with Crippen molar-refractivity contribution in [3.63, 3.8) is 0 Å². The van der Waals surface area contributed by atoms with Gasteiger partial charge in [0.05, 0.1) is 12.9 Å². The van der Waals surface area contributed by atoms with Gasteiger partial charge in [0, 0.05) is 0 Å². The molecule has 1 nitrogen and oxygen atoms in total. The van der Waals surface area contributed by atoms with Crippen molar-refractivity contribution in [3.05, 3.63) is 12.8 Å². The van der Waals surface area contributed by atoms with Crippen LogP contribution in [0.4, 0.5) is 0 Å². The van der Waals surface area contributed by atoms with Gasteiger partial charge in [-0.2, -0.15) is 0 Å². The molecule has 0 saturated carbocycles. The van der Waals surface area contributed by atoms with Gasteiger partial charge in [-0.3, -0.25) is 0 Å². The van der Waals surface area contributed by atoms with E-state index in [1.807, 2.05) is 0 Å². The summed E-state index contributed by atoms with van der Waals surface area (Å²) in [7, 11) is 0. The lowest BCUT2D eigenvalue weighted by atomic mass is 10.0. The van der Waals surface area contributed by atoms with Gasteiger partial charge in [0.15, 0.2) is 0 Å². The van der Waals surface area contributed by atoms with E-state index in [-0.39, 0.29) is 0 Å². The van der Waals surface area contributed by atoms with E-state index in [0.717, 1.165) is 12.5 Å². The van der Waals surface area contributed by atoms with Crippen LogP contribution in [0.15, 0.2) is 12.8 Å². The second kappa shape index (κ2) is 16.6. The Morgan fingerprint density at radius 3 is 1.50 bits per heavy atom. The molecule has 20 heavy (non-hydrogen) atoms. The van der Waals surface area contributed by atoms with E-state index in [4.69, 9.17) is 4.74 Å². The molecule has 0 unspecified atom stereocenters. The smallest absolute Gasteiger partial charge is 0.0873 e. The summed E-state index contributed by atoms with van der Waals surface area (Å²) in [5.74, 6) is 0.887. The lowest BCUT2D eigenvalue weighted by Crippen LogP contribution is -1.88. The Balaban J connectivity index is 2.94. The molecule has 1 heteroatoms. The summed E-state index contributed by atoms with van der Waals surface area (Å²) in [5.41, 5.74) is 0. The minimum Gasteiger partial charge on any atom is -0.502 e. The molecule has 0 aliphatic carbocycles. The van der Waals surface area contributed by atoms with Crippen LogP contribution in [-0.2, 0) is 4.74 Å². The van der Waals surface area contributed by atoms with E-state index < -0.39 is 0 Å². The highest BCUT2D eigenvalue weighted by Crippen LogP contribution is 2.14. The van der Waals surface area contributed by atoms with Crippen LogP contribution in [0.5, 0.6) is 0 Å². The van der Waals surface area contributed by atoms with Crippen molar-refractivity contribution >= 4 is 0 Å². The van der Waals surface area contributed by atoms with Gasteiger partial charge in [0.1, 0.15) is 0 Å². The van der Waals surface area contributed by atoms with E-state index >= 15 is 0 Å². The monoisotopic (exact) mass is 282 g/mol. The molecular formula is C19H38O. The molecule has 0 atom stereocenters. The first-order chi connectivity index (χ1) is 9.77. The fourth-order valence-electron chi connectivity index (χ4n) is 2.59. The highest BCUT2D eigenvalue weighted by Gasteiger charge is 1.95. The average Bonchev–Trinajstić information content (AvgIpc) is 2.43. The molecule has 0 aliphatic heterocycles. The van der Waals surface area contributed by atoms with Crippen molar-refractivity contribution < 1.29 is 4.74 Å². The Kier molecular flexibility index (Phi) is 16.2. The molecule has 0 saturated heterocycles. The third kappa shape index (κ3) is 17.5. The molecule has 0 rings (SSSR count). The van der Waals surface area contributed by atoms with Gasteiger partial charge in [-0.1, -0.05) is 97.5 Å². The zero-order valence-corrected chi connectivity index (χ0v) is 14.2. The van der Waals surface area contributed by atoms with E-state index in [1.54, 1.807) is 6.26 Å². The molecule has 0 aromatic rings. The maximum absolute atomic E-state index is 5.11. The molecule has 0 amide bonds. The molecule has 0 spiro atoms. The summed E-state index contributed by atoms with van der Waals surface area (Å²) in [6.07, 6.45) is 19.8. The number of rotatable bonds is 16. The number of ether oxygens (including phenoxy) is 1. The van der Waals surface area contributed by atoms with E-state index in [1.165, 1.54) is 83.5 Å². The molecule has 0 fully saturated rings. The van der Waals surface area contributed by atoms with Crippen molar-refractivity contribution in [2.24, 2.45) is 5.92 Å². The number of hydrogen-bond acceptors (Lipinski definition) is 1. The van der Waals surface area contributed by atoms with Gasteiger partial charge < -0.3 is 4.74 Å². The molecule has 0 aromatic carbocycles. The molecular weight excluding hydrogens is 244 g/mol. The van der Waals surface area contributed by atoms with Crippen LogP contribution in [0.1, 0.15) is 97.3 Å². The van der Waals surface area contributed by atoms with E-state index in [0.29, 0.717) is 0 Å². The van der Waals surface area contributed by atoms with Crippen LogP contribution in [0.3, 0.4) is 0 Å². The molecule has 0 heterocycles. The molecule has 0 N–H and O–H groups in total. The van der Waals surface area contributed by atoms with Crippen molar-refractivity contribution in [2.75, 3.05) is 6.61 Å². The second-order valence-electron chi connectivity index (χ2n) is 6.46. The van der Waals surface area contributed by atoms with Gasteiger partial charge >= 0.3 is 0 Å². The Labute approximate surface area is 128 Å². The summed E-state index contributed by atoms with van der Waals surface area (Å²) in [4.78, 5) is 0. The third-order valence-electron chi connectivity index (χ3n) is 3.91. The van der Waals surface area contributed by atoms with Gasteiger partial charge in [-0.15, -0.1) is 0 Å². The first kappa shape index (κ1) is 19.5. The standard InChI is InChI=1S/C19H38O/c1-4-20-18-16-14-12-10-8-6-5-7-9-11-13-15-17-19(2)3/h4,19H,1,5-18H2,2-3H3. The first-order valence-electron chi connectivity index (χ1n) is 9.00. The lowest BCUT2D eigenvalue weighted by molar-refractivity contribution is 0.241. The summed E-state index contributed by atoms with van der Waals surface area (Å²) in [6, 6.07) is 0. The van der Waals surface area contributed by atoms with Crippen LogP contribution in [-0.4, -0.2) is 6.61 Å². The fraction of sp³-hybridized carbons (Fsp3) is 0.895. The van der Waals surface area contributed by atoms with Crippen molar-refractivity contribution in [1.82, 2.24) is 0 Å². The summed E-state index contributed by atoms with van der Waals surface area (Å²) >= 11 is 0. The van der Waals surface area contributed by atoms with E-state index in [9.17, 15) is 0 Å². The zero-order chi connectivity index (χ0) is 14.9. The number of hydrogen-bond donors (Lipinski definition) is 0. The minimum absolute atomic E-state index is 0.848. The summed E-state index contributed by atoms with van der Waals surface area (Å²) in [5, 5.41) is 0. The van der Waals surface area contributed by atoms with Crippen molar-refractivity contribution in [2.45, 2.75) is 97.3 Å². The zero-order valence-electron chi connectivity index (χ0n) is 14.2. The molecule has 0 aliphatic rings. The topological polar surface area (TPSA) is 9.23 Å². The SMILES string of the molecule is C=COCCCCCCCCCCCCCCC(C)C. The molecule has 0 bridgehead atoms. The van der Waals surface area contributed by atoms with Gasteiger partial charge in [0.2, 0.25) is 0 Å². The maximum atomic E-state index is 5.11. The fourth-order valence-corrected chi connectivity index (χ4v) is 2.59. The Hall–Kier alpha value is -0.460. The molecule has 0 aromatic heterocycles. The molecule has 120 valence electrons. The van der Waals surface area contributed by atoms with Gasteiger partial charge in [0.25, 0.3) is 0 Å². The predicted octanol–water partition coefficient (Wildman–Crippen LogP) is 6.87. The largest absolute Gasteiger partial charge is 0.502 e. The minimum atomic E-state index is 0.848. The van der Waals surface area contributed by atoms with Crippen LogP contribution >= 0.6 is 0 Å². The van der Waals surface area contributed by atoms with Crippen LogP contribution in [0.25, 0.3) is 0 Å². The predicted molar refractivity (Wildman–Crippen MR) is 91.0 cm³/mol. The maximum Gasteiger partial charge on any atom is 0.0873 e. The Bertz CT molecular complexity index is 186. The molecule has 0 radical (unpaired) electrons. The van der Waals surface area contributed by atoms with Crippen molar-refractivity contribution in [1.29, 1.82) is 0 Å². The Morgan fingerprint density at radius 1 is 0.700 bits per heavy atom. The lowest BCUT2D eigenvalue weighted by Gasteiger charge is -2.05. The van der Waals surface area contributed by atoms with Gasteiger partial charge in [-0.05, 0) is 12.3 Å². The van der Waals surface area contributed by atoms with Crippen LogP contribution in [0.2, 0.25) is 0 Å². The Morgan fingerprint density at radius 2 is 1.10 bits per heavy atom. The normalized spacial score (nSPS) is 10.9. The summed E-state index contributed by atoms with van der Waals surface area (Å²) in [6.45, 7) is 9.04. The van der Waals surface area contributed by atoms with Crippen molar-refractivity contribution in [3.8, 4) is 0 Å². The third-order valence-corrected chi connectivity index (χ3v) is 3.91. The van der Waals surface area contributed by atoms with Gasteiger partial charge in [-0.25, -0.2) is 0 Å². The first-order valence-corrected chi connectivity index (χ1v) is 9.00. The summed E-state index contributed by atoms with van der Waals surface area (Å²) < 4.78 is 5.11. The van der Waals surface area contributed by atoms with Crippen LogP contribution < -0.4 is 0 Å². The average molecular weight is 283 g/mol. The van der Waals surface area contributed by atoms with E-state index in [2.05, 4.69) is 20.4 Å². The number of unbranched alkanes of at least 4 members (excludes halogenated alkanes) is 11. The highest BCUT2D eigenvalue weighted by atomic mass is 16.5. The second-order valence-corrected chi connectivity index (χ2v) is 6.46.